The molecule has 0 aliphatic carbocycles. The molecule has 0 atom stereocenters. The number of hydrogen-bond acceptors (Lipinski definition) is 3. The molecule has 0 spiro atoms. The third-order valence-corrected chi connectivity index (χ3v) is 4.80. The molecule has 1 aromatic heterocycles. The van der Waals surface area contributed by atoms with Crippen molar-refractivity contribution in [1.29, 1.82) is 5.26 Å². The van der Waals surface area contributed by atoms with E-state index in [1.807, 2.05) is 25.1 Å². The lowest BCUT2D eigenvalue weighted by molar-refractivity contribution is 0.299. The van der Waals surface area contributed by atoms with E-state index in [4.69, 9.17) is 9.84 Å². The van der Waals surface area contributed by atoms with Crippen LogP contribution in [0, 0.1) is 11.3 Å². The van der Waals surface area contributed by atoms with Gasteiger partial charge >= 0.3 is 0 Å². The molecule has 0 saturated carbocycles. The van der Waals surface area contributed by atoms with E-state index in [1.165, 1.54) is 0 Å². The summed E-state index contributed by atoms with van der Waals surface area (Å²) in [5, 5.41) is 19.8. The maximum absolute atomic E-state index is 9.82. The number of rotatable bonds is 6. The number of aryl methyl sites for hydroxylation is 1. The van der Waals surface area contributed by atoms with Crippen molar-refractivity contribution in [2.24, 2.45) is 0 Å². The molecular weight excluding hydrogens is 336 g/mol. The molecule has 4 heteroatoms. The summed E-state index contributed by atoms with van der Waals surface area (Å²) >= 11 is 0. The second kappa shape index (κ2) is 8.11. The van der Waals surface area contributed by atoms with Gasteiger partial charge < -0.3 is 14.4 Å². The zero-order chi connectivity index (χ0) is 19.4. The SMILES string of the molecule is CCn1c(-c2ccc(/C=C(/C)CCO)cc2)c(C#N)c2ccc(OC)cc21. The number of nitriles is 1. The van der Waals surface area contributed by atoms with Gasteiger partial charge in [0.1, 0.15) is 11.8 Å². The molecule has 0 amide bonds. The Kier molecular flexibility index (Phi) is 5.63. The normalized spacial score (nSPS) is 11.6. The quantitative estimate of drug-likeness (QED) is 0.673. The Morgan fingerprint density at radius 1 is 1.22 bits per heavy atom. The molecule has 1 N–H and O–H groups in total. The van der Waals surface area contributed by atoms with Crippen LogP contribution >= 0.6 is 0 Å². The molecule has 0 radical (unpaired) electrons. The Balaban J connectivity index is 2.13. The first-order chi connectivity index (χ1) is 13.1. The molecule has 2 aromatic carbocycles. The average Bonchev–Trinajstić information content (AvgIpc) is 3.01. The number of aliphatic hydroxyl groups is 1. The maximum Gasteiger partial charge on any atom is 0.120 e. The minimum atomic E-state index is 0.159. The Labute approximate surface area is 159 Å². The van der Waals surface area contributed by atoms with Crippen molar-refractivity contribution in [3.05, 3.63) is 59.2 Å². The Bertz CT molecular complexity index is 1020. The van der Waals surface area contributed by atoms with Gasteiger partial charge in [-0.25, -0.2) is 0 Å². The molecule has 4 nitrogen and oxygen atoms in total. The Morgan fingerprint density at radius 3 is 2.56 bits per heavy atom. The van der Waals surface area contributed by atoms with Gasteiger partial charge in [0.15, 0.2) is 0 Å². The molecule has 0 unspecified atom stereocenters. The van der Waals surface area contributed by atoms with Crippen LogP contribution in [0.5, 0.6) is 5.75 Å². The number of benzene rings is 2. The highest BCUT2D eigenvalue weighted by atomic mass is 16.5. The molecule has 0 aliphatic rings. The summed E-state index contributed by atoms with van der Waals surface area (Å²) in [5.41, 5.74) is 5.87. The van der Waals surface area contributed by atoms with E-state index in [-0.39, 0.29) is 6.61 Å². The van der Waals surface area contributed by atoms with Gasteiger partial charge in [0.25, 0.3) is 0 Å². The maximum atomic E-state index is 9.82. The van der Waals surface area contributed by atoms with Crippen LogP contribution in [0.1, 0.15) is 31.4 Å². The Hall–Kier alpha value is -3.03. The standard InChI is InChI=1S/C23H24N2O2/c1-4-25-22-14-19(27-3)9-10-20(22)21(15-24)23(25)18-7-5-17(6-8-18)13-16(2)11-12-26/h5-10,13-14,26H,4,11-12H2,1-3H3/b16-13-. The highest BCUT2D eigenvalue weighted by Gasteiger charge is 2.18. The van der Waals surface area contributed by atoms with E-state index in [9.17, 15) is 5.26 Å². The van der Waals surface area contributed by atoms with Gasteiger partial charge in [0.2, 0.25) is 0 Å². The van der Waals surface area contributed by atoms with Crippen molar-refractivity contribution in [2.75, 3.05) is 13.7 Å². The number of nitrogens with zero attached hydrogens (tertiary/aromatic N) is 2. The van der Waals surface area contributed by atoms with Crippen LogP contribution in [0.4, 0.5) is 0 Å². The summed E-state index contributed by atoms with van der Waals surface area (Å²) in [5.74, 6) is 0.783. The zero-order valence-corrected chi connectivity index (χ0v) is 16.0. The second-order valence-electron chi connectivity index (χ2n) is 6.55. The molecule has 3 rings (SSSR count). The molecule has 1 heterocycles. The zero-order valence-electron chi connectivity index (χ0n) is 16.0. The first-order valence-electron chi connectivity index (χ1n) is 9.11. The van der Waals surface area contributed by atoms with Gasteiger partial charge in [-0.05, 0) is 43.5 Å². The fourth-order valence-electron chi connectivity index (χ4n) is 3.47. The van der Waals surface area contributed by atoms with Crippen molar-refractivity contribution in [3.8, 4) is 23.1 Å². The van der Waals surface area contributed by atoms with Crippen LogP contribution in [0.2, 0.25) is 0 Å². The number of methoxy groups -OCH3 is 1. The van der Waals surface area contributed by atoms with Gasteiger partial charge in [0.05, 0.1) is 23.9 Å². The van der Waals surface area contributed by atoms with E-state index in [0.29, 0.717) is 12.0 Å². The van der Waals surface area contributed by atoms with Crippen LogP contribution in [0.15, 0.2) is 48.0 Å². The second-order valence-corrected chi connectivity index (χ2v) is 6.55. The van der Waals surface area contributed by atoms with Gasteiger partial charge in [-0.3, -0.25) is 0 Å². The Morgan fingerprint density at radius 2 is 1.96 bits per heavy atom. The molecule has 138 valence electrons. The van der Waals surface area contributed by atoms with Gasteiger partial charge in [-0.1, -0.05) is 35.9 Å². The molecule has 0 saturated heterocycles. The fraction of sp³-hybridized carbons (Fsp3) is 0.261. The van der Waals surface area contributed by atoms with E-state index in [1.54, 1.807) is 7.11 Å². The lowest BCUT2D eigenvalue weighted by atomic mass is 10.0. The summed E-state index contributed by atoms with van der Waals surface area (Å²) < 4.78 is 7.53. The van der Waals surface area contributed by atoms with Crippen LogP contribution < -0.4 is 4.74 Å². The minimum absolute atomic E-state index is 0.159. The van der Waals surface area contributed by atoms with Gasteiger partial charge in [0, 0.05) is 24.6 Å². The van der Waals surface area contributed by atoms with Crippen molar-refractivity contribution < 1.29 is 9.84 Å². The summed E-state index contributed by atoms with van der Waals surface area (Å²) in [6, 6.07) is 16.4. The van der Waals surface area contributed by atoms with Crippen LogP contribution in [0.25, 0.3) is 28.2 Å². The van der Waals surface area contributed by atoms with Gasteiger partial charge in [-0.2, -0.15) is 5.26 Å². The molecule has 0 fully saturated rings. The molecule has 27 heavy (non-hydrogen) atoms. The first kappa shape index (κ1) is 18.8. The summed E-state index contributed by atoms with van der Waals surface area (Å²) in [4.78, 5) is 0. The average molecular weight is 360 g/mol. The number of aromatic nitrogens is 1. The largest absolute Gasteiger partial charge is 0.497 e. The summed E-state index contributed by atoms with van der Waals surface area (Å²) in [6.07, 6.45) is 2.75. The highest BCUT2D eigenvalue weighted by Crippen LogP contribution is 2.35. The van der Waals surface area contributed by atoms with Crippen molar-refractivity contribution in [1.82, 2.24) is 4.57 Å². The highest BCUT2D eigenvalue weighted by molar-refractivity contribution is 5.95. The molecule has 0 aliphatic heterocycles. The monoisotopic (exact) mass is 360 g/mol. The van der Waals surface area contributed by atoms with E-state index in [2.05, 4.69) is 47.9 Å². The van der Waals surface area contributed by atoms with Gasteiger partial charge in [-0.15, -0.1) is 0 Å². The fourth-order valence-corrected chi connectivity index (χ4v) is 3.47. The van der Waals surface area contributed by atoms with Crippen molar-refractivity contribution >= 4 is 17.0 Å². The summed E-state index contributed by atoms with van der Waals surface area (Å²) in [6.45, 7) is 5.02. The third kappa shape index (κ3) is 3.60. The van der Waals surface area contributed by atoms with E-state index < -0.39 is 0 Å². The third-order valence-electron chi connectivity index (χ3n) is 4.80. The van der Waals surface area contributed by atoms with Crippen molar-refractivity contribution in [3.63, 3.8) is 0 Å². The lowest BCUT2D eigenvalue weighted by Crippen LogP contribution is -1.98. The predicted octanol–water partition coefficient (Wildman–Crippen LogP) is 4.99. The predicted molar refractivity (Wildman–Crippen MR) is 110 cm³/mol. The minimum Gasteiger partial charge on any atom is -0.497 e. The number of ether oxygens (including phenoxy) is 1. The smallest absolute Gasteiger partial charge is 0.120 e. The van der Waals surface area contributed by atoms with Crippen LogP contribution in [-0.2, 0) is 6.54 Å². The van der Waals surface area contributed by atoms with Crippen LogP contribution in [0.3, 0.4) is 0 Å². The molecule has 0 bridgehead atoms. The number of fused-ring (bicyclic) bond motifs is 1. The first-order valence-corrected chi connectivity index (χ1v) is 9.11. The number of aliphatic hydroxyl groups excluding tert-OH is 1. The van der Waals surface area contributed by atoms with Crippen LogP contribution in [-0.4, -0.2) is 23.4 Å². The topological polar surface area (TPSA) is 58.2 Å². The van der Waals surface area contributed by atoms with Crippen molar-refractivity contribution in [2.45, 2.75) is 26.8 Å². The van der Waals surface area contributed by atoms with E-state index >= 15 is 0 Å². The lowest BCUT2D eigenvalue weighted by Gasteiger charge is -2.10. The van der Waals surface area contributed by atoms with E-state index in [0.717, 1.165) is 45.6 Å². The summed E-state index contributed by atoms with van der Waals surface area (Å²) in [7, 11) is 1.65. The molecule has 3 aromatic rings. The number of hydrogen-bond donors (Lipinski definition) is 1. The molecular formula is C23H24N2O2.